The summed E-state index contributed by atoms with van der Waals surface area (Å²) in [6, 6.07) is 12.1. The zero-order valence-electron chi connectivity index (χ0n) is 16.7. The molecule has 0 radical (unpaired) electrons. The summed E-state index contributed by atoms with van der Waals surface area (Å²) in [6.45, 7) is 3.53. The number of anilines is 1. The van der Waals surface area contributed by atoms with Crippen molar-refractivity contribution in [1.29, 1.82) is 5.26 Å². The average Bonchev–Trinajstić information content (AvgIpc) is 2.76. The first kappa shape index (κ1) is 22.3. The average molecular weight is 486 g/mol. The summed E-state index contributed by atoms with van der Waals surface area (Å²) in [5, 5.41) is 15.0. The fraction of sp³-hybridized carbons (Fsp3) is 0.182. The monoisotopic (exact) mass is 485 g/mol. The van der Waals surface area contributed by atoms with E-state index in [0.717, 1.165) is 22.2 Å². The Hall–Kier alpha value is -3.38. The third-order valence-corrected chi connectivity index (χ3v) is 5.15. The van der Waals surface area contributed by atoms with Crippen LogP contribution in [0, 0.1) is 23.0 Å². The van der Waals surface area contributed by atoms with Crippen molar-refractivity contribution in [3.63, 3.8) is 0 Å². The Balaban J connectivity index is 1.84. The van der Waals surface area contributed by atoms with Crippen LogP contribution in [0.3, 0.4) is 0 Å². The molecule has 2 aromatic carbocycles. The van der Waals surface area contributed by atoms with E-state index in [1.807, 2.05) is 37.3 Å². The van der Waals surface area contributed by atoms with Crippen LogP contribution < -0.4 is 10.6 Å². The minimum absolute atomic E-state index is 0.0209. The molecule has 0 fully saturated rings. The fourth-order valence-corrected chi connectivity index (χ4v) is 3.14. The Morgan fingerprint density at radius 3 is 2.39 bits per heavy atom. The zero-order chi connectivity index (χ0) is 22.5. The number of hydrogen-bond donors (Lipinski definition) is 2. The van der Waals surface area contributed by atoms with E-state index >= 15 is 0 Å². The minimum Gasteiger partial charge on any atom is -0.362 e. The highest BCUT2D eigenvalue weighted by atomic mass is 79.9. The third kappa shape index (κ3) is 5.41. The molecular weight excluding hydrogens is 468 g/mol. The number of nitrogens with one attached hydrogen (secondary N) is 2. The second-order valence-electron chi connectivity index (χ2n) is 6.85. The predicted octanol–water partition coefficient (Wildman–Crippen LogP) is 5.05. The number of amides is 1. The molecule has 158 valence electrons. The van der Waals surface area contributed by atoms with E-state index in [0.29, 0.717) is 5.56 Å². The van der Waals surface area contributed by atoms with Crippen LogP contribution in [0.1, 0.15) is 53.2 Å². The van der Waals surface area contributed by atoms with E-state index < -0.39 is 23.6 Å². The SMILES string of the molecule is CC(NC(=O)c1nc(C#N)cnc1NC(C)c1ccc(Br)cc1)c1ccc(F)c(F)c1. The summed E-state index contributed by atoms with van der Waals surface area (Å²) in [5.41, 5.74) is 1.25. The Morgan fingerprint density at radius 2 is 1.74 bits per heavy atom. The molecule has 1 amide bonds. The van der Waals surface area contributed by atoms with Crippen LogP contribution in [-0.4, -0.2) is 15.9 Å². The van der Waals surface area contributed by atoms with Gasteiger partial charge in [-0.25, -0.2) is 18.7 Å². The summed E-state index contributed by atoms with van der Waals surface area (Å²) < 4.78 is 27.7. The van der Waals surface area contributed by atoms with Crippen molar-refractivity contribution >= 4 is 27.7 Å². The highest BCUT2D eigenvalue weighted by molar-refractivity contribution is 9.10. The highest BCUT2D eigenvalue weighted by Crippen LogP contribution is 2.23. The van der Waals surface area contributed by atoms with Gasteiger partial charge in [-0.2, -0.15) is 5.26 Å². The molecule has 3 aromatic rings. The van der Waals surface area contributed by atoms with E-state index in [1.54, 1.807) is 6.92 Å². The van der Waals surface area contributed by atoms with Gasteiger partial charge in [-0.05, 0) is 49.2 Å². The van der Waals surface area contributed by atoms with Gasteiger partial charge in [-0.1, -0.05) is 34.1 Å². The number of carbonyl (C=O) groups excluding carboxylic acids is 1. The maximum Gasteiger partial charge on any atom is 0.274 e. The molecule has 0 spiro atoms. The first-order chi connectivity index (χ1) is 14.8. The van der Waals surface area contributed by atoms with Crippen molar-refractivity contribution in [3.8, 4) is 6.07 Å². The maximum atomic E-state index is 13.5. The quantitative estimate of drug-likeness (QED) is 0.509. The molecule has 2 atom stereocenters. The summed E-state index contributed by atoms with van der Waals surface area (Å²) in [6.07, 6.45) is 1.27. The minimum atomic E-state index is -1.00. The molecule has 1 heterocycles. The van der Waals surface area contributed by atoms with Gasteiger partial charge in [0, 0.05) is 4.47 Å². The molecule has 1 aromatic heterocycles. The maximum absolute atomic E-state index is 13.5. The Kier molecular flexibility index (Phi) is 6.92. The molecule has 31 heavy (non-hydrogen) atoms. The van der Waals surface area contributed by atoms with Gasteiger partial charge in [-0.3, -0.25) is 4.79 Å². The largest absolute Gasteiger partial charge is 0.362 e. The smallest absolute Gasteiger partial charge is 0.274 e. The molecular formula is C22H18BrF2N5O. The van der Waals surface area contributed by atoms with Crippen molar-refractivity contribution in [3.05, 3.63) is 87.3 Å². The third-order valence-electron chi connectivity index (χ3n) is 4.62. The van der Waals surface area contributed by atoms with E-state index in [2.05, 4.69) is 36.5 Å². The summed E-state index contributed by atoms with van der Waals surface area (Å²) in [5.74, 6) is -2.38. The topological polar surface area (TPSA) is 90.7 Å². The lowest BCUT2D eigenvalue weighted by Crippen LogP contribution is -2.29. The highest BCUT2D eigenvalue weighted by Gasteiger charge is 2.21. The van der Waals surface area contributed by atoms with Crippen LogP contribution in [-0.2, 0) is 0 Å². The number of rotatable bonds is 6. The second-order valence-corrected chi connectivity index (χ2v) is 7.77. The van der Waals surface area contributed by atoms with E-state index in [9.17, 15) is 13.6 Å². The van der Waals surface area contributed by atoms with Crippen LogP contribution in [0.4, 0.5) is 14.6 Å². The number of nitrogens with zero attached hydrogens (tertiary/aromatic N) is 3. The summed E-state index contributed by atoms with van der Waals surface area (Å²) in [7, 11) is 0. The molecule has 0 aliphatic heterocycles. The second kappa shape index (κ2) is 9.62. The van der Waals surface area contributed by atoms with Crippen molar-refractivity contribution < 1.29 is 13.6 Å². The lowest BCUT2D eigenvalue weighted by Gasteiger charge is -2.19. The molecule has 0 saturated carbocycles. The van der Waals surface area contributed by atoms with Crippen molar-refractivity contribution in [2.75, 3.05) is 5.32 Å². The van der Waals surface area contributed by atoms with Gasteiger partial charge in [0.15, 0.2) is 28.8 Å². The molecule has 0 aliphatic carbocycles. The number of hydrogen-bond acceptors (Lipinski definition) is 5. The van der Waals surface area contributed by atoms with E-state index in [4.69, 9.17) is 5.26 Å². The molecule has 2 N–H and O–H groups in total. The number of carbonyl (C=O) groups is 1. The molecule has 0 aliphatic rings. The zero-order valence-corrected chi connectivity index (χ0v) is 18.2. The number of aromatic nitrogens is 2. The van der Waals surface area contributed by atoms with Gasteiger partial charge < -0.3 is 10.6 Å². The first-order valence-electron chi connectivity index (χ1n) is 9.33. The van der Waals surface area contributed by atoms with Crippen LogP contribution in [0.2, 0.25) is 0 Å². The van der Waals surface area contributed by atoms with Gasteiger partial charge >= 0.3 is 0 Å². The normalized spacial score (nSPS) is 12.5. The van der Waals surface area contributed by atoms with Crippen molar-refractivity contribution in [1.82, 2.24) is 15.3 Å². The summed E-state index contributed by atoms with van der Waals surface area (Å²) >= 11 is 3.39. The molecule has 2 unspecified atom stereocenters. The van der Waals surface area contributed by atoms with Crippen LogP contribution >= 0.6 is 15.9 Å². The van der Waals surface area contributed by atoms with Gasteiger partial charge in [0.1, 0.15) is 6.07 Å². The number of nitriles is 1. The van der Waals surface area contributed by atoms with E-state index in [-0.39, 0.29) is 23.2 Å². The van der Waals surface area contributed by atoms with Crippen LogP contribution in [0.5, 0.6) is 0 Å². The molecule has 6 nitrogen and oxygen atoms in total. The van der Waals surface area contributed by atoms with Gasteiger partial charge in [0.05, 0.1) is 18.3 Å². The van der Waals surface area contributed by atoms with E-state index in [1.165, 1.54) is 12.3 Å². The lowest BCUT2D eigenvalue weighted by molar-refractivity contribution is 0.0935. The Labute approximate surface area is 186 Å². The molecule has 3 rings (SSSR count). The van der Waals surface area contributed by atoms with Gasteiger partial charge in [0.2, 0.25) is 0 Å². The van der Waals surface area contributed by atoms with Crippen molar-refractivity contribution in [2.45, 2.75) is 25.9 Å². The van der Waals surface area contributed by atoms with Crippen LogP contribution in [0.25, 0.3) is 0 Å². The molecule has 0 saturated heterocycles. The summed E-state index contributed by atoms with van der Waals surface area (Å²) in [4.78, 5) is 21.2. The van der Waals surface area contributed by atoms with Crippen LogP contribution in [0.15, 0.2) is 53.1 Å². The first-order valence-corrected chi connectivity index (χ1v) is 10.1. The standard InChI is InChI=1S/C22H18BrF2N5O/c1-12(14-3-6-16(23)7-4-14)28-21-20(30-17(10-26)11-27-21)22(31)29-13(2)15-5-8-18(24)19(25)9-15/h3-9,11-13H,1-2H3,(H,27,28)(H,29,31). The Bertz CT molecular complexity index is 1150. The van der Waals surface area contributed by atoms with Gasteiger partial charge in [0.25, 0.3) is 5.91 Å². The van der Waals surface area contributed by atoms with Gasteiger partial charge in [-0.15, -0.1) is 0 Å². The molecule has 9 heteroatoms. The number of benzene rings is 2. The fourth-order valence-electron chi connectivity index (χ4n) is 2.88. The van der Waals surface area contributed by atoms with Crippen molar-refractivity contribution in [2.24, 2.45) is 0 Å². The lowest BCUT2D eigenvalue weighted by atomic mass is 10.1. The predicted molar refractivity (Wildman–Crippen MR) is 115 cm³/mol. The number of halogens is 3. The Morgan fingerprint density at radius 1 is 1.06 bits per heavy atom. The molecule has 0 bridgehead atoms.